The Morgan fingerprint density at radius 1 is 1.15 bits per heavy atom. The van der Waals surface area contributed by atoms with Gasteiger partial charge >= 0.3 is 21.6 Å². The molecule has 2 rings (SSSR count). The minimum absolute atomic E-state index is 0.391. The van der Waals surface area contributed by atoms with E-state index in [0.717, 1.165) is 12.1 Å². The second-order valence-electron chi connectivity index (χ2n) is 5.34. The number of alkyl halides is 3. The summed E-state index contributed by atoms with van der Waals surface area (Å²) in [7, 11) is -4.41. The number of esters is 1. The molecule has 0 saturated heterocycles. The first kappa shape index (κ1) is 19.8. The van der Waals surface area contributed by atoms with Crippen molar-refractivity contribution in [1.82, 2.24) is 4.57 Å². The molecule has 1 aromatic heterocycles. The van der Waals surface area contributed by atoms with Gasteiger partial charge in [-0.1, -0.05) is 12.1 Å². The topological polar surface area (TPSA) is 74.6 Å². The van der Waals surface area contributed by atoms with E-state index in [9.17, 15) is 26.4 Å². The van der Waals surface area contributed by atoms with E-state index in [2.05, 4.69) is 4.18 Å². The number of aromatic nitrogens is 1. The van der Waals surface area contributed by atoms with Gasteiger partial charge in [0, 0.05) is 12.4 Å². The zero-order valence-corrected chi connectivity index (χ0v) is 14.5. The van der Waals surface area contributed by atoms with Gasteiger partial charge in [0.25, 0.3) is 0 Å². The summed E-state index contributed by atoms with van der Waals surface area (Å²) >= 11 is 0. The zero-order chi connectivity index (χ0) is 19.4. The molecular weight excluding hydrogens is 375 g/mol. The van der Waals surface area contributed by atoms with E-state index in [4.69, 9.17) is 4.74 Å². The lowest BCUT2D eigenvalue weighted by Gasteiger charge is -2.16. The van der Waals surface area contributed by atoms with Gasteiger partial charge in [-0.05, 0) is 42.7 Å². The Balaban J connectivity index is 2.04. The Kier molecular flexibility index (Phi) is 5.96. The summed E-state index contributed by atoms with van der Waals surface area (Å²) in [5.41, 5.74) is -4.79. The predicted molar refractivity (Wildman–Crippen MR) is 85.9 cm³/mol. The third kappa shape index (κ3) is 4.78. The number of halogens is 3. The van der Waals surface area contributed by atoms with Crippen LogP contribution in [-0.2, 0) is 26.1 Å². The molecule has 0 amide bonds. The van der Waals surface area contributed by atoms with Crippen LogP contribution < -0.4 is 4.18 Å². The molecule has 1 atom stereocenters. The first-order chi connectivity index (χ1) is 12.1. The van der Waals surface area contributed by atoms with Gasteiger partial charge in [0.05, 0.1) is 7.11 Å². The molecule has 0 spiro atoms. The van der Waals surface area contributed by atoms with Crippen molar-refractivity contribution in [3.63, 3.8) is 0 Å². The number of nitrogens with zero attached hydrogens (tertiary/aromatic N) is 1. The highest BCUT2D eigenvalue weighted by atomic mass is 32.2. The van der Waals surface area contributed by atoms with Crippen molar-refractivity contribution in [2.45, 2.75) is 24.4 Å². The highest BCUT2D eigenvalue weighted by molar-refractivity contribution is 7.88. The van der Waals surface area contributed by atoms with Crippen LogP contribution in [0, 0.1) is 0 Å². The van der Waals surface area contributed by atoms with Crippen molar-refractivity contribution in [3.05, 3.63) is 54.4 Å². The van der Waals surface area contributed by atoms with Crippen LogP contribution in [0.25, 0.3) is 0 Å². The van der Waals surface area contributed by atoms with Crippen LogP contribution in [0.15, 0.2) is 48.8 Å². The van der Waals surface area contributed by atoms with E-state index in [1.165, 1.54) is 19.2 Å². The van der Waals surface area contributed by atoms with Gasteiger partial charge in [0.1, 0.15) is 11.8 Å². The van der Waals surface area contributed by atoms with E-state index >= 15 is 0 Å². The smallest absolute Gasteiger partial charge is 0.467 e. The third-order valence-corrected chi connectivity index (χ3v) is 4.56. The van der Waals surface area contributed by atoms with Crippen molar-refractivity contribution in [1.29, 1.82) is 0 Å². The molecule has 1 aromatic carbocycles. The second-order valence-corrected chi connectivity index (χ2v) is 6.87. The SMILES string of the molecule is COC(=O)[C@H](CCc1ccc(OS(=O)(=O)C(F)(F)F)cc1)n1cccc1. The van der Waals surface area contributed by atoms with E-state index in [0.29, 0.717) is 18.4 Å². The molecule has 0 aliphatic carbocycles. The molecule has 0 N–H and O–H groups in total. The molecule has 0 saturated carbocycles. The molecule has 26 heavy (non-hydrogen) atoms. The lowest BCUT2D eigenvalue weighted by Crippen LogP contribution is -2.28. The Hall–Kier alpha value is -2.49. The second kappa shape index (κ2) is 7.81. The van der Waals surface area contributed by atoms with Gasteiger partial charge in [-0.2, -0.15) is 21.6 Å². The fraction of sp³-hybridized carbons (Fsp3) is 0.312. The summed E-state index contributed by atoms with van der Waals surface area (Å²) in [6, 6.07) is 8.11. The Morgan fingerprint density at radius 3 is 2.23 bits per heavy atom. The third-order valence-electron chi connectivity index (χ3n) is 3.58. The monoisotopic (exact) mass is 391 g/mol. The molecule has 0 radical (unpaired) electrons. The largest absolute Gasteiger partial charge is 0.534 e. The van der Waals surface area contributed by atoms with Gasteiger partial charge < -0.3 is 13.5 Å². The average molecular weight is 391 g/mol. The average Bonchev–Trinajstić information content (AvgIpc) is 3.09. The number of carbonyl (C=O) groups excluding carboxylic acids is 1. The summed E-state index contributed by atoms with van der Waals surface area (Å²) in [4.78, 5) is 11.9. The Bertz CT molecular complexity index is 830. The number of benzene rings is 1. The highest BCUT2D eigenvalue weighted by Gasteiger charge is 2.48. The normalized spacial score (nSPS) is 13.2. The number of ether oxygens (including phenoxy) is 1. The molecule has 2 aromatic rings. The number of methoxy groups -OCH3 is 1. The molecule has 1 heterocycles. The van der Waals surface area contributed by atoms with E-state index in [-0.39, 0.29) is 0 Å². The van der Waals surface area contributed by atoms with Crippen LogP contribution in [-0.4, -0.2) is 31.6 Å². The Labute approximate surface area is 148 Å². The van der Waals surface area contributed by atoms with Crippen LogP contribution in [0.4, 0.5) is 13.2 Å². The number of carbonyl (C=O) groups is 1. The maximum Gasteiger partial charge on any atom is 0.534 e. The van der Waals surface area contributed by atoms with Gasteiger partial charge in [-0.25, -0.2) is 4.79 Å². The number of rotatable bonds is 7. The molecule has 0 aliphatic rings. The maximum absolute atomic E-state index is 12.3. The number of hydrogen-bond acceptors (Lipinski definition) is 5. The molecule has 0 fully saturated rings. The lowest BCUT2D eigenvalue weighted by atomic mass is 10.0. The molecule has 142 valence electrons. The van der Waals surface area contributed by atoms with Gasteiger partial charge in [-0.3, -0.25) is 0 Å². The van der Waals surface area contributed by atoms with Crippen LogP contribution in [0.5, 0.6) is 5.75 Å². The fourth-order valence-corrected chi connectivity index (χ4v) is 2.73. The number of hydrogen-bond donors (Lipinski definition) is 0. The van der Waals surface area contributed by atoms with Crippen molar-refractivity contribution in [2.24, 2.45) is 0 Å². The summed E-state index contributed by atoms with van der Waals surface area (Å²) in [5.74, 6) is -0.863. The van der Waals surface area contributed by atoms with Crippen molar-refractivity contribution in [2.75, 3.05) is 7.11 Å². The quantitative estimate of drug-likeness (QED) is 0.412. The summed E-state index contributed by atoms with van der Waals surface area (Å²) in [6.07, 6.45) is 4.26. The van der Waals surface area contributed by atoms with E-state index in [1.807, 2.05) is 0 Å². The van der Waals surface area contributed by atoms with Gasteiger partial charge in [-0.15, -0.1) is 0 Å². The summed E-state index contributed by atoms with van der Waals surface area (Å²) < 4.78 is 69.3. The van der Waals surface area contributed by atoms with Gasteiger partial charge in [0.15, 0.2) is 0 Å². The summed E-state index contributed by atoms with van der Waals surface area (Å²) in [5, 5.41) is 0. The minimum atomic E-state index is -5.70. The highest BCUT2D eigenvalue weighted by Crippen LogP contribution is 2.27. The molecule has 0 aliphatic heterocycles. The zero-order valence-electron chi connectivity index (χ0n) is 13.6. The standard InChI is InChI=1S/C16H16F3NO5S/c1-24-15(21)14(20-10-2-3-11-20)9-6-12-4-7-13(8-5-12)25-26(22,23)16(17,18)19/h2-5,7-8,10-11,14H,6,9H2,1H3/t14-/m0/s1. The van der Waals surface area contributed by atoms with Crippen molar-refractivity contribution < 1.29 is 35.3 Å². The first-order valence-electron chi connectivity index (χ1n) is 7.44. The first-order valence-corrected chi connectivity index (χ1v) is 8.85. The van der Waals surface area contributed by atoms with Gasteiger partial charge in [0.2, 0.25) is 0 Å². The Morgan fingerprint density at radius 2 is 1.73 bits per heavy atom. The summed E-state index contributed by atoms with van der Waals surface area (Å²) in [6.45, 7) is 0. The maximum atomic E-state index is 12.3. The number of aryl methyl sites for hydroxylation is 1. The lowest BCUT2D eigenvalue weighted by molar-refractivity contribution is -0.144. The molecule has 0 bridgehead atoms. The molecule has 10 heteroatoms. The van der Waals surface area contributed by atoms with Crippen molar-refractivity contribution in [3.8, 4) is 5.75 Å². The fourth-order valence-electron chi connectivity index (χ4n) is 2.27. The van der Waals surface area contributed by atoms with E-state index < -0.39 is 33.4 Å². The van der Waals surface area contributed by atoms with Crippen molar-refractivity contribution >= 4 is 16.1 Å². The van der Waals surface area contributed by atoms with Crippen LogP contribution >= 0.6 is 0 Å². The van der Waals surface area contributed by atoms with Crippen LogP contribution in [0.1, 0.15) is 18.0 Å². The molecular formula is C16H16F3NO5S. The molecule has 0 unspecified atom stereocenters. The minimum Gasteiger partial charge on any atom is -0.467 e. The van der Waals surface area contributed by atoms with Crippen LogP contribution in [0.2, 0.25) is 0 Å². The van der Waals surface area contributed by atoms with Crippen LogP contribution in [0.3, 0.4) is 0 Å². The van der Waals surface area contributed by atoms with E-state index in [1.54, 1.807) is 29.1 Å². The molecule has 6 nitrogen and oxygen atoms in total. The predicted octanol–water partition coefficient (Wildman–Crippen LogP) is 3.06.